The van der Waals surface area contributed by atoms with Crippen molar-refractivity contribution >= 4 is 11.6 Å². The van der Waals surface area contributed by atoms with Crippen molar-refractivity contribution in [2.24, 2.45) is 0 Å². The maximum absolute atomic E-state index is 11.6. The van der Waals surface area contributed by atoms with E-state index in [1.54, 1.807) is 0 Å². The number of nitrogens with one attached hydrogen (secondary N) is 2. The van der Waals surface area contributed by atoms with Crippen molar-refractivity contribution in [3.63, 3.8) is 0 Å². The Balaban J connectivity index is 2.30. The van der Waals surface area contributed by atoms with E-state index in [-0.39, 0.29) is 5.91 Å². The van der Waals surface area contributed by atoms with Gasteiger partial charge in [0.15, 0.2) is 0 Å². The van der Waals surface area contributed by atoms with Gasteiger partial charge in [-0.05, 0) is 17.7 Å². The monoisotopic (exact) mass is 263 g/mol. The Morgan fingerprint density at radius 2 is 1.84 bits per heavy atom. The number of hydrogen-bond acceptors (Lipinski definition) is 3. The number of amides is 1. The van der Waals surface area contributed by atoms with Gasteiger partial charge in [-0.15, -0.1) is 0 Å². The highest BCUT2D eigenvalue weighted by Gasteiger charge is 2.02. The predicted octanol–water partition coefficient (Wildman–Crippen LogP) is 1.76. The maximum atomic E-state index is 11.6. The van der Waals surface area contributed by atoms with Gasteiger partial charge in [-0.25, -0.2) is 0 Å². The van der Waals surface area contributed by atoms with Crippen LogP contribution in [-0.4, -0.2) is 32.6 Å². The zero-order valence-corrected chi connectivity index (χ0v) is 12.4. The molecule has 0 heterocycles. The highest BCUT2D eigenvalue weighted by Crippen LogP contribution is 2.11. The summed E-state index contributed by atoms with van der Waals surface area (Å²) in [5, 5.41) is 6.16. The summed E-state index contributed by atoms with van der Waals surface area (Å²) in [7, 11) is 4.02. The lowest BCUT2D eigenvalue weighted by Gasteiger charge is -2.13. The fourth-order valence-corrected chi connectivity index (χ4v) is 1.68. The van der Waals surface area contributed by atoms with E-state index in [4.69, 9.17) is 0 Å². The zero-order valence-electron chi connectivity index (χ0n) is 12.4. The lowest BCUT2D eigenvalue weighted by Crippen LogP contribution is -2.30. The molecule has 19 heavy (non-hydrogen) atoms. The van der Waals surface area contributed by atoms with Crippen LogP contribution in [0.25, 0.3) is 0 Å². The maximum Gasteiger partial charge on any atom is 0.221 e. The Labute approximate surface area is 116 Å². The molecule has 0 fully saturated rings. The largest absolute Gasteiger partial charge is 0.378 e. The third kappa shape index (κ3) is 6.25. The van der Waals surface area contributed by atoms with Gasteiger partial charge in [0.1, 0.15) is 0 Å². The van der Waals surface area contributed by atoms with E-state index in [0.717, 1.165) is 17.8 Å². The van der Waals surface area contributed by atoms with Crippen molar-refractivity contribution in [2.45, 2.75) is 32.9 Å². The first-order valence-corrected chi connectivity index (χ1v) is 6.75. The topological polar surface area (TPSA) is 44.4 Å². The Bertz CT molecular complexity index is 385. The minimum Gasteiger partial charge on any atom is -0.378 e. The second-order valence-electron chi connectivity index (χ2n) is 5.20. The third-order valence-corrected chi connectivity index (χ3v) is 2.85. The predicted molar refractivity (Wildman–Crippen MR) is 80.4 cm³/mol. The van der Waals surface area contributed by atoms with Gasteiger partial charge < -0.3 is 15.5 Å². The Morgan fingerprint density at radius 1 is 1.21 bits per heavy atom. The van der Waals surface area contributed by atoms with Crippen molar-refractivity contribution in [2.75, 3.05) is 25.5 Å². The van der Waals surface area contributed by atoms with Crippen LogP contribution in [0, 0.1) is 0 Å². The first-order valence-electron chi connectivity index (χ1n) is 6.75. The van der Waals surface area contributed by atoms with Crippen molar-refractivity contribution < 1.29 is 4.79 Å². The molecular formula is C15H25N3O. The van der Waals surface area contributed by atoms with Crippen LogP contribution in [-0.2, 0) is 11.3 Å². The summed E-state index contributed by atoms with van der Waals surface area (Å²) >= 11 is 0. The molecule has 1 rings (SSSR count). The molecule has 2 N–H and O–H groups in total. The number of carbonyl (C=O) groups excluding carboxylic acids is 1. The normalized spacial score (nSPS) is 10.6. The first kappa shape index (κ1) is 15.5. The van der Waals surface area contributed by atoms with Gasteiger partial charge in [0.05, 0.1) is 0 Å². The number of anilines is 1. The molecule has 0 aromatic heterocycles. The third-order valence-electron chi connectivity index (χ3n) is 2.85. The van der Waals surface area contributed by atoms with Crippen molar-refractivity contribution in [3.8, 4) is 0 Å². The molecule has 0 aliphatic rings. The average Bonchev–Trinajstić information content (AvgIpc) is 2.36. The number of rotatable bonds is 7. The van der Waals surface area contributed by atoms with Crippen LogP contribution < -0.4 is 15.5 Å². The van der Waals surface area contributed by atoms with Crippen LogP contribution in [0.5, 0.6) is 0 Å². The van der Waals surface area contributed by atoms with Gasteiger partial charge in [-0.3, -0.25) is 4.79 Å². The summed E-state index contributed by atoms with van der Waals surface area (Å²) in [5.74, 6) is 0.0878. The molecule has 1 aromatic rings. The number of hydrogen-bond donors (Lipinski definition) is 2. The van der Waals surface area contributed by atoms with Gasteiger partial charge in [0.2, 0.25) is 5.91 Å². The lowest BCUT2D eigenvalue weighted by molar-refractivity contribution is -0.121. The fraction of sp³-hybridized carbons (Fsp3) is 0.533. The van der Waals surface area contributed by atoms with E-state index < -0.39 is 0 Å². The van der Waals surface area contributed by atoms with Crippen LogP contribution in [0.15, 0.2) is 24.3 Å². The van der Waals surface area contributed by atoms with E-state index in [9.17, 15) is 4.79 Å². The van der Waals surface area contributed by atoms with Crippen molar-refractivity contribution in [1.29, 1.82) is 0 Å². The average molecular weight is 263 g/mol. The fourth-order valence-electron chi connectivity index (χ4n) is 1.68. The molecule has 1 amide bonds. The van der Waals surface area contributed by atoms with E-state index >= 15 is 0 Å². The van der Waals surface area contributed by atoms with Crippen LogP contribution in [0.4, 0.5) is 5.69 Å². The number of benzene rings is 1. The highest BCUT2D eigenvalue weighted by atomic mass is 16.1. The zero-order chi connectivity index (χ0) is 14.3. The second kappa shape index (κ2) is 7.79. The van der Waals surface area contributed by atoms with Crippen LogP contribution in [0.1, 0.15) is 25.8 Å². The number of nitrogens with zero attached hydrogens (tertiary/aromatic N) is 1. The molecule has 1 aromatic carbocycles. The summed E-state index contributed by atoms with van der Waals surface area (Å²) in [4.78, 5) is 13.7. The molecule has 0 radical (unpaired) electrons. The second-order valence-corrected chi connectivity index (χ2v) is 5.20. The Kier molecular flexibility index (Phi) is 6.36. The SMILES string of the molecule is CC(C)NCCC(=O)NCc1ccc(N(C)C)cc1. The van der Waals surface area contributed by atoms with E-state index in [1.807, 2.05) is 26.2 Å². The standard InChI is InChI=1S/C15H25N3O/c1-12(2)16-10-9-15(19)17-11-13-5-7-14(8-6-13)18(3)4/h5-8,12,16H,9-11H2,1-4H3,(H,17,19). The number of carbonyl (C=O) groups is 1. The molecule has 0 aliphatic heterocycles. The lowest BCUT2D eigenvalue weighted by atomic mass is 10.2. The quantitative estimate of drug-likeness (QED) is 0.788. The molecular weight excluding hydrogens is 238 g/mol. The summed E-state index contributed by atoms with van der Waals surface area (Å²) in [6, 6.07) is 8.62. The highest BCUT2D eigenvalue weighted by molar-refractivity contribution is 5.76. The Morgan fingerprint density at radius 3 is 2.37 bits per heavy atom. The van der Waals surface area contributed by atoms with Crippen LogP contribution in [0.2, 0.25) is 0 Å². The van der Waals surface area contributed by atoms with E-state index in [1.165, 1.54) is 0 Å². The molecule has 4 nitrogen and oxygen atoms in total. The molecule has 0 unspecified atom stereocenters. The summed E-state index contributed by atoms with van der Waals surface area (Å²) < 4.78 is 0. The smallest absolute Gasteiger partial charge is 0.221 e. The van der Waals surface area contributed by atoms with E-state index in [2.05, 4.69) is 41.5 Å². The molecule has 106 valence electrons. The minimum atomic E-state index is 0.0878. The van der Waals surface area contributed by atoms with Gasteiger partial charge in [-0.1, -0.05) is 26.0 Å². The molecule has 0 saturated heterocycles. The van der Waals surface area contributed by atoms with Crippen LogP contribution >= 0.6 is 0 Å². The summed E-state index contributed by atoms with van der Waals surface area (Å²) in [5.41, 5.74) is 2.28. The molecule has 0 aliphatic carbocycles. The molecule has 0 saturated carbocycles. The first-order chi connectivity index (χ1) is 8.99. The Hall–Kier alpha value is -1.55. The molecule has 4 heteroatoms. The van der Waals surface area contributed by atoms with E-state index in [0.29, 0.717) is 19.0 Å². The van der Waals surface area contributed by atoms with Crippen LogP contribution in [0.3, 0.4) is 0 Å². The molecule has 0 atom stereocenters. The van der Waals surface area contributed by atoms with Gasteiger partial charge in [0, 0.05) is 45.3 Å². The molecule has 0 spiro atoms. The summed E-state index contributed by atoms with van der Waals surface area (Å²) in [6.45, 7) is 5.46. The van der Waals surface area contributed by atoms with Crippen molar-refractivity contribution in [3.05, 3.63) is 29.8 Å². The minimum absolute atomic E-state index is 0.0878. The van der Waals surface area contributed by atoms with Gasteiger partial charge in [0.25, 0.3) is 0 Å². The van der Waals surface area contributed by atoms with Crippen molar-refractivity contribution in [1.82, 2.24) is 10.6 Å². The van der Waals surface area contributed by atoms with Gasteiger partial charge >= 0.3 is 0 Å². The van der Waals surface area contributed by atoms with Gasteiger partial charge in [-0.2, -0.15) is 0 Å². The molecule has 0 bridgehead atoms. The summed E-state index contributed by atoms with van der Waals surface area (Å²) in [6.07, 6.45) is 0.522.